The summed E-state index contributed by atoms with van der Waals surface area (Å²) < 4.78 is 38.9. The van der Waals surface area contributed by atoms with Crippen LogP contribution in [-0.2, 0) is 16.4 Å². The molecule has 1 aromatic heterocycles. The summed E-state index contributed by atoms with van der Waals surface area (Å²) in [4.78, 5) is 3.97. The van der Waals surface area contributed by atoms with E-state index in [4.69, 9.17) is 5.73 Å². The molecular weight excluding hydrogens is 269 g/mol. The first-order valence-corrected chi connectivity index (χ1v) is 7.82. The third-order valence-electron chi connectivity index (χ3n) is 3.61. The van der Waals surface area contributed by atoms with Crippen molar-refractivity contribution in [1.82, 2.24) is 9.55 Å². The average molecular weight is 283 g/mol. The predicted octanol–water partition coefficient (Wildman–Crippen LogP) is 1.33. The van der Waals surface area contributed by atoms with Crippen molar-refractivity contribution in [3.63, 3.8) is 0 Å². The number of rotatable bonds is 2. The topological polar surface area (TPSA) is 78.0 Å². The first-order valence-electron chi connectivity index (χ1n) is 6.11. The summed E-state index contributed by atoms with van der Waals surface area (Å²) in [7, 11) is -3.06. The molecule has 0 spiro atoms. The van der Waals surface area contributed by atoms with Gasteiger partial charge in [0.15, 0.2) is 15.7 Å². The standard InChI is InChI=1S/C12H14FN3O2S/c13-9-4-1-5-10-11(9)15-12(14)16(10)7-8-3-2-6-19(8,17)18/h1,4-5,8H,2-3,6-7H2,(H2,14,15). The molecule has 0 amide bonds. The number of nitrogen functional groups attached to an aromatic ring is 1. The molecule has 7 heteroatoms. The first-order chi connectivity index (χ1) is 8.99. The van der Waals surface area contributed by atoms with E-state index in [0.717, 1.165) is 0 Å². The quantitative estimate of drug-likeness (QED) is 0.902. The van der Waals surface area contributed by atoms with Crippen molar-refractivity contribution in [3.05, 3.63) is 24.0 Å². The van der Waals surface area contributed by atoms with E-state index in [1.165, 1.54) is 6.07 Å². The zero-order valence-corrected chi connectivity index (χ0v) is 11.0. The molecule has 1 atom stereocenters. The molecule has 5 nitrogen and oxygen atoms in total. The molecule has 1 fully saturated rings. The van der Waals surface area contributed by atoms with E-state index in [1.807, 2.05) is 0 Å². The van der Waals surface area contributed by atoms with Gasteiger partial charge in [-0.25, -0.2) is 17.8 Å². The summed E-state index contributed by atoms with van der Waals surface area (Å²) >= 11 is 0. The second-order valence-corrected chi connectivity index (χ2v) is 7.22. The minimum absolute atomic E-state index is 0.155. The number of nitrogens with two attached hydrogens (primary N) is 1. The number of halogens is 1. The van der Waals surface area contributed by atoms with Gasteiger partial charge < -0.3 is 10.3 Å². The van der Waals surface area contributed by atoms with Gasteiger partial charge in [-0.15, -0.1) is 0 Å². The Balaban J connectivity index is 2.06. The van der Waals surface area contributed by atoms with Gasteiger partial charge in [-0.2, -0.15) is 0 Å². The SMILES string of the molecule is Nc1nc2c(F)cccc2n1CC1CCCS1(=O)=O. The summed E-state index contributed by atoms with van der Waals surface area (Å²) in [6, 6.07) is 4.58. The molecule has 2 heterocycles. The highest BCUT2D eigenvalue weighted by Crippen LogP contribution is 2.26. The van der Waals surface area contributed by atoms with Crippen LogP contribution in [0.3, 0.4) is 0 Å². The lowest BCUT2D eigenvalue weighted by Gasteiger charge is -2.12. The number of sulfone groups is 1. The number of aromatic nitrogens is 2. The van der Waals surface area contributed by atoms with Crippen molar-refractivity contribution < 1.29 is 12.8 Å². The van der Waals surface area contributed by atoms with Gasteiger partial charge in [0.2, 0.25) is 5.95 Å². The summed E-state index contributed by atoms with van der Waals surface area (Å²) in [6.07, 6.45) is 1.30. The van der Waals surface area contributed by atoms with Crippen molar-refractivity contribution in [2.24, 2.45) is 0 Å². The monoisotopic (exact) mass is 283 g/mol. The minimum Gasteiger partial charge on any atom is -0.369 e. The van der Waals surface area contributed by atoms with Crippen molar-refractivity contribution in [2.75, 3.05) is 11.5 Å². The Morgan fingerprint density at radius 1 is 1.47 bits per heavy atom. The van der Waals surface area contributed by atoms with Crippen LogP contribution in [0.4, 0.5) is 10.3 Å². The number of imidazole rings is 1. The molecule has 19 heavy (non-hydrogen) atoms. The third kappa shape index (κ3) is 1.98. The van der Waals surface area contributed by atoms with Gasteiger partial charge in [-0.05, 0) is 25.0 Å². The molecule has 1 aromatic carbocycles. The Kier molecular flexibility index (Phi) is 2.74. The Labute approximate surface area is 110 Å². The molecule has 2 N–H and O–H groups in total. The zero-order valence-electron chi connectivity index (χ0n) is 10.2. The van der Waals surface area contributed by atoms with Gasteiger partial charge >= 0.3 is 0 Å². The lowest BCUT2D eigenvalue weighted by Crippen LogP contribution is -2.23. The number of fused-ring (bicyclic) bond motifs is 1. The van der Waals surface area contributed by atoms with Crippen molar-refractivity contribution in [1.29, 1.82) is 0 Å². The molecule has 1 aliphatic heterocycles. The van der Waals surface area contributed by atoms with Crippen LogP contribution >= 0.6 is 0 Å². The van der Waals surface area contributed by atoms with Crippen LogP contribution in [0.1, 0.15) is 12.8 Å². The largest absolute Gasteiger partial charge is 0.369 e. The molecule has 2 aromatic rings. The zero-order chi connectivity index (χ0) is 13.6. The number of nitrogens with zero attached hydrogens (tertiary/aromatic N) is 2. The second kappa shape index (κ2) is 4.19. The number of hydrogen-bond donors (Lipinski definition) is 1. The molecule has 0 bridgehead atoms. The van der Waals surface area contributed by atoms with Gasteiger partial charge in [0.1, 0.15) is 5.52 Å². The normalized spacial score (nSPS) is 22.1. The molecule has 3 rings (SSSR count). The van der Waals surface area contributed by atoms with Crippen molar-refractivity contribution in [2.45, 2.75) is 24.6 Å². The van der Waals surface area contributed by atoms with Gasteiger partial charge in [0.25, 0.3) is 0 Å². The Bertz CT molecular complexity index is 739. The van der Waals surface area contributed by atoms with E-state index in [1.54, 1.807) is 16.7 Å². The fraction of sp³-hybridized carbons (Fsp3) is 0.417. The number of para-hydroxylation sites is 1. The summed E-state index contributed by atoms with van der Waals surface area (Å²) in [5.74, 6) is -0.0714. The Morgan fingerprint density at radius 2 is 2.26 bits per heavy atom. The highest BCUT2D eigenvalue weighted by Gasteiger charge is 2.32. The van der Waals surface area contributed by atoms with Crippen molar-refractivity contribution in [3.8, 4) is 0 Å². The lowest BCUT2D eigenvalue weighted by molar-refractivity contribution is 0.571. The summed E-state index contributed by atoms with van der Waals surface area (Å²) in [5.41, 5.74) is 6.51. The van der Waals surface area contributed by atoms with Crippen LogP contribution in [0, 0.1) is 5.82 Å². The second-order valence-electron chi connectivity index (χ2n) is 4.82. The molecule has 102 valence electrons. The molecule has 1 unspecified atom stereocenters. The van der Waals surface area contributed by atoms with Crippen LogP contribution in [0.25, 0.3) is 11.0 Å². The van der Waals surface area contributed by atoms with E-state index in [0.29, 0.717) is 18.4 Å². The summed E-state index contributed by atoms with van der Waals surface area (Å²) in [6.45, 7) is 0.244. The molecule has 0 radical (unpaired) electrons. The first kappa shape index (κ1) is 12.4. The van der Waals surface area contributed by atoms with Crippen molar-refractivity contribution >= 4 is 26.8 Å². The van der Waals surface area contributed by atoms with E-state index in [2.05, 4.69) is 4.98 Å². The summed E-state index contributed by atoms with van der Waals surface area (Å²) in [5, 5.41) is -0.449. The molecule has 0 saturated carbocycles. The third-order valence-corrected chi connectivity index (χ3v) is 5.87. The molecule has 1 aliphatic rings. The Hall–Kier alpha value is -1.63. The van der Waals surface area contributed by atoms with Gasteiger partial charge in [-0.1, -0.05) is 6.07 Å². The predicted molar refractivity (Wildman–Crippen MR) is 70.9 cm³/mol. The molecule has 0 aliphatic carbocycles. The lowest BCUT2D eigenvalue weighted by atomic mass is 10.2. The number of hydrogen-bond acceptors (Lipinski definition) is 4. The van der Waals surface area contributed by atoms with Gasteiger partial charge in [-0.3, -0.25) is 0 Å². The van der Waals surface area contributed by atoms with Crippen LogP contribution < -0.4 is 5.73 Å². The van der Waals surface area contributed by atoms with E-state index in [-0.39, 0.29) is 23.8 Å². The van der Waals surface area contributed by atoms with E-state index in [9.17, 15) is 12.8 Å². The highest BCUT2D eigenvalue weighted by atomic mass is 32.2. The average Bonchev–Trinajstić information content (AvgIpc) is 2.83. The van der Waals surface area contributed by atoms with Crippen LogP contribution in [0.2, 0.25) is 0 Å². The van der Waals surface area contributed by atoms with Crippen LogP contribution in [-0.4, -0.2) is 29.0 Å². The van der Waals surface area contributed by atoms with Crippen LogP contribution in [0.5, 0.6) is 0 Å². The fourth-order valence-electron chi connectivity index (χ4n) is 2.59. The van der Waals surface area contributed by atoms with Gasteiger partial charge in [0, 0.05) is 6.54 Å². The van der Waals surface area contributed by atoms with Crippen LogP contribution in [0.15, 0.2) is 18.2 Å². The minimum atomic E-state index is -3.06. The Morgan fingerprint density at radius 3 is 2.95 bits per heavy atom. The smallest absolute Gasteiger partial charge is 0.201 e. The maximum absolute atomic E-state index is 13.6. The fourth-order valence-corrected chi connectivity index (χ4v) is 4.39. The highest BCUT2D eigenvalue weighted by molar-refractivity contribution is 7.92. The number of anilines is 1. The maximum atomic E-state index is 13.6. The van der Waals surface area contributed by atoms with E-state index >= 15 is 0 Å². The van der Waals surface area contributed by atoms with E-state index < -0.39 is 20.9 Å². The van der Waals surface area contributed by atoms with Gasteiger partial charge in [0.05, 0.1) is 16.5 Å². The number of benzene rings is 1. The maximum Gasteiger partial charge on any atom is 0.201 e. The molecular formula is C12H14FN3O2S. The molecule has 1 saturated heterocycles.